The van der Waals surface area contributed by atoms with Crippen molar-refractivity contribution in [3.8, 4) is 5.75 Å². The highest BCUT2D eigenvalue weighted by Crippen LogP contribution is 2.27. The third-order valence-corrected chi connectivity index (χ3v) is 6.10. The van der Waals surface area contributed by atoms with Gasteiger partial charge in [0.15, 0.2) is 6.61 Å². The fourth-order valence-corrected chi connectivity index (χ4v) is 4.33. The van der Waals surface area contributed by atoms with Gasteiger partial charge in [0.25, 0.3) is 5.91 Å². The SMILES string of the molecule is O=C(COc1cccc2ccc(N3CCN(c4ccccc4)CC3)nc12)Nc1cccc(Cl)c1. The van der Waals surface area contributed by atoms with Crippen LogP contribution in [0.5, 0.6) is 5.75 Å². The van der Waals surface area contributed by atoms with E-state index in [0.29, 0.717) is 16.5 Å². The van der Waals surface area contributed by atoms with E-state index in [2.05, 4.69) is 51.5 Å². The maximum absolute atomic E-state index is 12.4. The second kappa shape index (κ2) is 10.0. The van der Waals surface area contributed by atoms with Gasteiger partial charge in [0.05, 0.1) is 0 Å². The Morgan fingerprint density at radius 1 is 0.882 bits per heavy atom. The van der Waals surface area contributed by atoms with Crippen molar-refractivity contribution in [2.45, 2.75) is 0 Å². The summed E-state index contributed by atoms with van der Waals surface area (Å²) in [6.45, 7) is 3.53. The first kappa shape index (κ1) is 22.0. The number of ether oxygens (including phenoxy) is 1. The number of rotatable bonds is 6. The summed E-state index contributed by atoms with van der Waals surface area (Å²) in [7, 11) is 0. The van der Waals surface area contributed by atoms with Crippen molar-refractivity contribution in [1.82, 2.24) is 4.98 Å². The van der Waals surface area contributed by atoms with Crippen molar-refractivity contribution < 1.29 is 9.53 Å². The molecule has 3 aromatic carbocycles. The van der Waals surface area contributed by atoms with Gasteiger partial charge in [-0.25, -0.2) is 4.98 Å². The van der Waals surface area contributed by atoms with E-state index in [-0.39, 0.29) is 12.5 Å². The van der Waals surface area contributed by atoms with Crippen molar-refractivity contribution in [3.05, 3.63) is 90.0 Å². The summed E-state index contributed by atoms with van der Waals surface area (Å²) in [4.78, 5) is 22.0. The minimum absolute atomic E-state index is 0.118. The number of nitrogens with zero attached hydrogens (tertiary/aromatic N) is 3. The van der Waals surface area contributed by atoms with Gasteiger partial charge >= 0.3 is 0 Å². The average Bonchev–Trinajstić information content (AvgIpc) is 2.88. The van der Waals surface area contributed by atoms with E-state index in [1.807, 2.05) is 24.3 Å². The second-order valence-corrected chi connectivity index (χ2v) is 8.59. The van der Waals surface area contributed by atoms with Gasteiger partial charge in [-0.05, 0) is 48.5 Å². The van der Waals surface area contributed by atoms with Crippen molar-refractivity contribution in [1.29, 1.82) is 0 Å². The Kier molecular flexibility index (Phi) is 6.49. The number of hydrogen-bond donors (Lipinski definition) is 1. The van der Waals surface area contributed by atoms with E-state index in [4.69, 9.17) is 21.3 Å². The predicted molar refractivity (Wildman–Crippen MR) is 138 cm³/mol. The summed E-state index contributed by atoms with van der Waals surface area (Å²) in [5.41, 5.74) is 2.63. The molecule has 0 unspecified atom stereocenters. The topological polar surface area (TPSA) is 57.7 Å². The van der Waals surface area contributed by atoms with E-state index >= 15 is 0 Å². The highest BCUT2D eigenvalue weighted by Gasteiger charge is 2.19. The first-order valence-electron chi connectivity index (χ1n) is 11.3. The molecule has 1 aliphatic heterocycles. The number of halogens is 1. The summed E-state index contributed by atoms with van der Waals surface area (Å²) in [6.07, 6.45) is 0. The van der Waals surface area contributed by atoms with Crippen LogP contribution in [0.4, 0.5) is 17.2 Å². The van der Waals surface area contributed by atoms with Crippen LogP contribution in [0.1, 0.15) is 0 Å². The monoisotopic (exact) mass is 472 g/mol. The Hall–Kier alpha value is -3.77. The molecular formula is C27H25ClN4O2. The Balaban J connectivity index is 1.26. The minimum Gasteiger partial charge on any atom is -0.481 e. The van der Waals surface area contributed by atoms with Crippen LogP contribution in [0.3, 0.4) is 0 Å². The van der Waals surface area contributed by atoms with Crippen molar-refractivity contribution in [3.63, 3.8) is 0 Å². The smallest absolute Gasteiger partial charge is 0.262 e. The molecule has 0 bridgehead atoms. The van der Waals surface area contributed by atoms with Crippen LogP contribution in [-0.2, 0) is 4.79 Å². The lowest BCUT2D eigenvalue weighted by Gasteiger charge is -2.36. The number of benzene rings is 3. The molecule has 5 rings (SSSR count). The molecule has 0 spiro atoms. The van der Waals surface area contributed by atoms with Crippen LogP contribution in [0.25, 0.3) is 10.9 Å². The molecule has 172 valence electrons. The fourth-order valence-electron chi connectivity index (χ4n) is 4.14. The van der Waals surface area contributed by atoms with Gasteiger partial charge in [-0.3, -0.25) is 4.79 Å². The quantitative estimate of drug-likeness (QED) is 0.416. The lowest BCUT2D eigenvalue weighted by Crippen LogP contribution is -2.46. The number of anilines is 3. The Bertz CT molecular complexity index is 1290. The molecule has 4 aromatic rings. The van der Waals surface area contributed by atoms with Gasteiger partial charge in [-0.15, -0.1) is 0 Å². The number of pyridine rings is 1. The summed E-state index contributed by atoms with van der Waals surface area (Å²) >= 11 is 5.99. The molecule has 1 N–H and O–H groups in total. The highest BCUT2D eigenvalue weighted by atomic mass is 35.5. The molecule has 6 nitrogen and oxygen atoms in total. The van der Waals surface area contributed by atoms with Gasteiger partial charge < -0.3 is 19.9 Å². The molecule has 1 fully saturated rings. The number of fused-ring (bicyclic) bond motifs is 1. The Labute approximate surface area is 203 Å². The number of carbonyl (C=O) groups excluding carboxylic acids is 1. The normalized spacial score (nSPS) is 13.7. The molecule has 1 aliphatic rings. The van der Waals surface area contributed by atoms with Gasteiger partial charge in [0.1, 0.15) is 17.1 Å². The van der Waals surface area contributed by atoms with Crippen molar-refractivity contribution in [2.24, 2.45) is 0 Å². The maximum Gasteiger partial charge on any atom is 0.262 e. The molecule has 1 saturated heterocycles. The van der Waals surface area contributed by atoms with Crippen LogP contribution in [-0.4, -0.2) is 43.7 Å². The van der Waals surface area contributed by atoms with E-state index in [1.54, 1.807) is 24.3 Å². The van der Waals surface area contributed by atoms with E-state index < -0.39 is 0 Å². The molecule has 2 heterocycles. The zero-order chi connectivity index (χ0) is 23.3. The summed E-state index contributed by atoms with van der Waals surface area (Å²) < 4.78 is 5.87. The maximum atomic E-state index is 12.4. The standard InChI is InChI=1S/C27H25ClN4O2/c28-21-7-5-8-22(18-21)29-26(33)19-34-24-11-4-6-20-12-13-25(30-27(20)24)32-16-14-31(15-17-32)23-9-2-1-3-10-23/h1-13,18H,14-17,19H2,(H,29,33). The molecule has 0 aliphatic carbocycles. The first-order valence-corrected chi connectivity index (χ1v) is 11.7. The Morgan fingerprint density at radius 3 is 2.44 bits per heavy atom. The van der Waals surface area contributed by atoms with Crippen LogP contribution in [0, 0.1) is 0 Å². The zero-order valence-electron chi connectivity index (χ0n) is 18.7. The molecule has 1 aromatic heterocycles. The predicted octanol–water partition coefficient (Wildman–Crippen LogP) is 5.23. The number of carbonyl (C=O) groups is 1. The fraction of sp³-hybridized carbons (Fsp3) is 0.185. The number of nitrogens with one attached hydrogen (secondary N) is 1. The molecule has 0 saturated carbocycles. The third-order valence-electron chi connectivity index (χ3n) is 5.86. The molecular weight excluding hydrogens is 448 g/mol. The van der Waals surface area contributed by atoms with Gasteiger partial charge in [-0.1, -0.05) is 48.0 Å². The number of amides is 1. The molecule has 7 heteroatoms. The number of piperazine rings is 1. The van der Waals surface area contributed by atoms with Crippen LogP contribution in [0.2, 0.25) is 5.02 Å². The zero-order valence-corrected chi connectivity index (χ0v) is 19.4. The lowest BCUT2D eigenvalue weighted by molar-refractivity contribution is -0.118. The Morgan fingerprint density at radius 2 is 1.65 bits per heavy atom. The molecule has 1 amide bonds. The van der Waals surface area contributed by atoms with Crippen molar-refractivity contribution >= 4 is 45.6 Å². The van der Waals surface area contributed by atoms with Gasteiger partial charge in [0.2, 0.25) is 0 Å². The summed E-state index contributed by atoms with van der Waals surface area (Å²) in [5.74, 6) is 1.25. The first-order chi connectivity index (χ1) is 16.7. The number of para-hydroxylation sites is 2. The van der Waals surface area contributed by atoms with E-state index in [0.717, 1.165) is 42.9 Å². The number of aromatic nitrogens is 1. The molecule has 0 atom stereocenters. The third kappa shape index (κ3) is 5.07. The molecule has 34 heavy (non-hydrogen) atoms. The van der Waals surface area contributed by atoms with E-state index in [9.17, 15) is 4.79 Å². The minimum atomic E-state index is -0.257. The second-order valence-electron chi connectivity index (χ2n) is 8.15. The molecule has 0 radical (unpaired) electrons. The largest absolute Gasteiger partial charge is 0.481 e. The lowest BCUT2D eigenvalue weighted by atomic mass is 10.2. The average molecular weight is 473 g/mol. The summed E-state index contributed by atoms with van der Waals surface area (Å²) in [5, 5.41) is 4.34. The van der Waals surface area contributed by atoms with Crippen LogP contribution >= 0.6 is 11.6 Å². The highest BCUT2D eigenvalue weighted by molar-refractivity contribution is 6.30. The number of hydrogen-bond acceptors (Lipinski definition) is 5. The summed E-state index contributed by atoms with van der Waals surface area (Å²) in [6, 6.07) is 27.4. The van der Waals surface area contributed by atoms with Crippen LogP contribution in [0.15, 0.2) is 84.9 Å². The van der Waals surface area contributed by atoms with Crippen molar-refractivity contribution in [2.75, 3.05) is 47.9 Å². The van der Waals surface area contributed by atoms with Gasteiger partial charge in [0, 0.05) is 48.0 Å². The van der Waals surface area contributed by atoms with E-state index in [1.165, 1.54) is 5.69 Å². The van der Waals surface area contributed by atoms with Crippen LogP contribution < -0.4 is 19.9 Å². The van der Waals surface area contributed by atoms with Gasteiger partial charge in [-0.2, -0.15) is 0 Å².